The van der Waals surface area contributed by atoms with Gasteiger partial charge in [0, 0.05) is 50.1 Å². The van der Waals surface area contributed by atoms with Gasteiger partial charge >= 0.3 is 0 Å². The number of phenolic OH excluding ortho intramolecular Hbond substituents is 1. The van der Waals surface area contributed by atoms with Gasteiger partial charge in [0.2, 0.25) is 0 Å². The SMILES string of the molecule is Cc1cc(C)c(N(c2cc(-c3cc4c(oc5ccccc54)c(-c4cc(C(C)(C)C)cc(C(C)(C)C)c4O)n3)c3oc4ccccc4c3c2)c2ccccn2)c(C)c1. The van der Waals surface area contributed by atoms with Gasteiger partial charge in [0.15, 0.2) is 5.58 Å². The molecule has 1 N–H and O–H groups in total. The minimum atomic E-state index is -0.333. The first-order valence-electron chi connectivity index (χ1n) is 19.6. The molecule has 57 heavy (non-hydrogen) atoms. The highest BCUT2D eigenvalue weighted by Gasteiger charge is 2.29. The van der Waals surface area contributed by atoms with Crippen LogP contribution in [-0.2, 0) is 10.8 Å². The summed E-state index contributed by atoms with van der Waals surface area (Å²) in [5, 5.41) is 16.1. The number of hydrogen-bond donors (Lipinski definition) is 1. The van der Waals surface area contributed by atoms with Crippen LogP contribution in [0.5, 0.6) is 5.75 Å². The Bertz CT molecular complexity index is 3010. The zero-order valence-corrected chi connectivity index (χ0v) is 34.1. The van der Waals surface area contributed by atoms with Crippen LogP contribution in [0.25, 0.3) is 66.4 Å². The number of aromatic hydroxyl groups is 1. The Hall–Kier alpha value is -6.40. The second kappa shape index (κ2) is 13.1. The standard InChI is InChI=1S/C51H47N3O3/c1-29-22-30(2)46(31(3)23-29)54(44-20-14-15-21-52-44)33-26-36-34-16-10-12-18-42(34)56-48(36)38(27-33)41-28-37-35-17-11-13-19-43(35)57-49(37)45(53-41)39-24-32(50(4,5)6)25-40(47(39)55)51(7,8)9/h10-28,55H,1-9H3. The van der Waals surface area contributed by atoms with Crippen molar-refractivity contribution in [3.05, 3.63) is 143 Å². The van der Waals surface area contributed by atoms with Gasteiger partial charge in [-0.25, -0.2) is 9.97 Å². The van der Waals surface area contributed by atoms with Crippen LogP contribution in [0.15, 0.2) is 124 Å². The monoisotopic (exact) mass is 749 g/mol. The van der Waals surface area contributed by atoms with Gasteiger partial charge in [-0.05, 0) is 96.8 Å². The first-order valence-corrected chi connectivity index (χ1v) is 19.6. The zero-order chi connectivity index (χ0) is 40.0. The average Bonchev–Trinajstić information content (AvgIpc) is 3.73. The summed E-state index contributed by atoms with van der Waals surface area (Å²) in [4.78, 5) is 12.7. The average molecular weight is 750 g/mol. The van der Waals surface area contributed by atoms with E-state index < -0.39 is 0 Å². The quantitative estimate of drug-likeness (QED) is 0.189. The fraction of sp³-hybridized carbons (Fsp3) is 0.216. The number of aromatic nitrogens is 2. The molecule has 5 aromatic carbocycles. The summed E-state index contributed by atoms with van der Waals surface area (Å²) >= 11 is 0. The molecule has 6 heteroatoms. The minimum absolute atomic E-state index is 0.191. The second-order valence-electron chi connectivity index (χ2n) is 17.5. The predicted molar refractivity (Wildman–Crippen MR) is 235 cm³/mol. The molecule has 0 saturated heterocycles. The van der Waals surface area contributed by atoms with Crippen molar-refractivity contribution in [2.24, 2.45) is 0 Å². The molecule has 0 fully saturated rings. The highest BCUT2D eigenvalue weighted by molar-refractivity contribution is 6.14. The maximum Gasteiger partial charge on any atom is 0.161 e. The maximum atomic E-state index is 12.3. The summed E-state index contributed by atoms with van der Waals surface area (Å²) in [6.07, 6.45) is 1.84. The Morgan fingerprint density at radius 3 is 1.82 bits per heavy atom. The molecule has 284 valence electrons. The lowest BCUT2D eigenvalue weighted by Crippen LogP contribution is -2.17. The van der Waals surface area contributed by atoms with Crippen molar-refractivity contribution >= 4 is 61.1 Å². The number of benzene rings is 5. The molecular formula is C51H47N3O3. The normalized spacial score (nSPS) is 12.4. The van der Waals surface area contributed by atoms with E-state index in [1.165, 1.54) is 5.56 Å². The summed E-state index contributed by atoms with van der Waals surface area (Å²) in [6, 6.07) is 37.4. The van der Waals surface area contributed by atoms with Crippen LogP contribution in [-0.4, -0.2) is 15.1 Å². The van der Waals surface area contributed by atoms with Crippen LogP contribution in [0, 0.1) is 20.8 Å². The van der Waals surface area contributed by atoms with E-state index in [0.29, 0.717) is 22.5 Å². The minimum Gasteiger partial charge on any atom is -0.507 e. The lowest BCUT2D eigenvalue weighted by atomic mass is 9.78. The van der Waals surface area contributed by atoms with Crippen LogP contribution in [0.3, 0.4) is 0 Å². The third-order valence-electron chi connectivity index (χ3n) is 11.1. The highest BCUT2D eigenvalue weighted by Crippen LogP contribution is 2.48. The Labute approximate surface area is 333 Å². The molecular weight excluding hydrogens is 703 g/mol. The Morgan fingerprint density at radius 1 is 0.596 bits per heavy atom. The van der Waals surface area contributed by atoms with E-state index in [-0.39, 0.29) is 16.6 Å². The largest absolute Gasteiger partial charge is 0.507 e. The van der Waals surface area contributed by atoms with Gasteiger partial charge in [0.1, 0.15) is 34.0 Å². The number of anilines is 3. The number of fused-ring (bicyclic) bond motifs is 6. The van der Waals surface area contributed by atoms with Crippen molar-refractivity contribution in [1.82, 2.24) is 9.97 Å². The Balaban J connectivity index is 1.42. The van der Waals surface area contributed by atoms with E-state index in [4.69, 9.17) is 18.8 Å². The molecule has 0 aliphatic carbocycles. The van der Waals surface area contributed by atoms with Crippen LogP contribution in [0.2, 0.25) is 0 Å². The van der Waals surface area contributed by atoms with Crippen LogP contribution in [0.4, 0.5) is 17.2 Å². The first kappa shape index (κ1) is 36.3. The van der Waals surface area contributed by atoms with Crippen LogP contribution in [0.1, 0.15) is 69.4 Å². The topological polar surface area (TPSA) is 75.5 Å². The van der Waals surface area contributed by atoms with Crippen LogP contribution >= 0.6 is 0 Å². The molecule has 0 spiro atoms. The number of hydrogen-bond acceptors (Lipinski definition) is 6. The lowest BCUT2D eigenvalue weighted by Gasteiger charge is -2.28. The zero-order valence-electron chi connectivity index (χ0n) is 34.1. The number of rotatable bonds is 5. The molecule has 0 atom stereocenters. The van der Waals surface area contributed by atoms with Crippen LogP contribution < -0.4 is 4.90 Å². The molecule has 0 radical (unpaired) electrons. The van der Waals surface area contributed by atoms with Gasteiger partial charge in [-0.15, -0.1) is 0 Å². The number of para-hydroxylation sites is 2. The molecule has 4 aromatic heterocycles. The van der Waals surface area contributed by atoms with E-state index in [9.17, 15) is 5.11 Å². The van der Waals surface area contributed by atoms with Crippen molar-refractivity contribution < 1.29 is 13.9 Å². The summed E-state index contributed by atoms with van der Waals surface area (Å²) in [5.74, 6) is 1.00. The van der Waals surface area contributed by atoms with E-state index >= 15 is 0 Å². The Morgan fingerprint density at radius 2 is 1.21 bits per heavy atom. The van der Waals surface area contributed by atoms with E-state index in [2.05, 4.69) is 122 Å². The fourth-order valence-electron chi connectivity index (χ4n) is 8.38. The maximum absolute atomic E-state index is 12.3. The molecule has 9 rings (SSSR count). The van der Waals surface area contributed by atoms with Gasteiger partial charge in [-0.3, -0.25) is 4.90 Å². The molecule has 9 aromatic rings. The molecule has 0 amide bonds. The van der Waals surface area contributed by atoms with Gasteiger partial charge in [-0.2, -0.15) is 0 Å². The number of nitrogens with zero attached hydrogens (tertiary/aromatic N) is 3. The predicted octanol–water partition coefficient (Wildman–Crippen LogP) is 14.3. The summed E-state index contributed by atoms with van der Waals surface area (Å²) in [6.45, 7) is 19.5. The van der Waals surface area contributed by atoms with E-state index in [1.54, 1.807) is 0 Å². The summed E-state index contributed by atoms with van der Waals surface area (Å²) in [7, 11) is 0. The number of phenols is 1. The number of furan rings is 2. The molecule has 0 aliphatic heterocycles. The van der Waals surface area contributed by atoms with E-state index in [1.807, 2.05) is 60.8 Å². The van der Waals surface area contributed by atoms with Crippen molar-refractivity contribution in [3.8, 4) is 28.3 Å². The van der Waals surface area contributed by atoms with Gasteiger partial charge < -0.3 is 13.9 Å². The van der Waals surface area contributed by atoms with Gasteiger partial charge in [-0.1, -0.05) is 108 Å². The smallest absolute Gasteiger partial charge is 0.161 e. The first-order chi connectivity index (χ1) is 27.2. The molecule has 6 nitrogen and oxygen atoms in total. The molecule has 0 saturated carbocycles. The highest BCUT2D eigenvalue weighted by atomic mass is 16.3. The fourth-order valence-corrected chi connectivity index (χ4v) is 8.38. The van der Waals surface area contributed by atoms with Crippen molar-refractivity contribution in [3.63, 3.8) is 0 Å². The molecule has 0 bridgehead atoms. The lowest BCUT2D eigenvalue weighted by molar-refractivity contribution is 0.446. The number of pyridine rings is 2. The van der Waals surface area contributed by atoms with E-state index in [0.717, 1.165) is 83.3 Å². The Kier molecular flexibility index (Phi) is 8.33. The third-order valence-corrected chi connectivity index (χ3v) is 11.1. The molecule has 0 unspecified atom stereocenters. The molecule has 0 aliphatic rings. The van der Waals surface area contributed by atoms with Gasteiger partial charge in [0.25, 0.3) is 0 Å². The summed E-state index contributed by atoms with van der Waals surface area (Å²) < 4.78 is 13.4. The summed E-state index contributed by atoms with van der Waals surface area (Å²) in [5.41, 5.74) is 12.6. The molecule has 4 heterocycles. The second-order valence-corrected chi connectivity index (χ2v) is 17.5. The third kappa shape index (κ3) is 6.11. The van der Waals surface area contributed by atoms with Gasteiger partial charge in [0.05, 0.1) is 11.4 Å². The van der Waals surface area contributed by atoms with Crippen molar-refractivity contribution in [2.45, 2.75) is 73.1 Å². The van der Waals surface area contributed by atoms with Crippen molar-refractivity contribution in [1.29, 1.82) is 0 Å². The van der Waals surface area contributed by atoms with Crippen molar-refractivity contribution in [2.75, 3.05) is 4.90 Å². The number of aryl methyl sites for hydroxylation is 3.